The maximum absolute atomic E-state index is 12.6. The van der Waals surface area contributed by atoms with Gasteiger partial charge in [-0.1, -0.05) is 6.07 Å². The molecule has 2 rings (SSSR count). The molecule has 9 heteroatoms. The van der Waals surface area contributed by atoms with Gasteiger partial charge in [0.2, 0.25) is 0 Å². The molecule has 0 fully saturated rings. The molecule has 1 aliphatic rings. The standard InChI is InChI=1S/C12H9ClF6O2/c13-9(10(11(14,15)16)12(17,18)19)6-1-2-7-8(5-6)21-4-3-20-7/h1-2,5,9-10H,3-4H2. The van der Waals surface area contributed by atoms with Crippen molar-refractivity contribution in [2.45, 2.75) is 17.7 Å². The molecule has 0 spiro atoms. The monoisotopic (exact) mass is 334 g/mol. The van der Waals surface area contributed by atoms with Crippen molar-refractivity contribution in [2.24, 2.45) is 5.92 Å². The average Bonchev–Trinajstić information content (AvgIpc) is 2.34. The van der Waals surface area contributed by atoms with E-state index >= 15 is 0 Å². The molecule has 1 aromatic rings. The Morgan fingerprint density at radius 2 is 1.43 bits per heavy atom. The van der Waals surface area contributed by atoms with E-state index in [-0.39, 0.29) is 30.3 Å². The third kappa shape index (κ3) is 3.48. The van der Waals surface area contributed by atoms with Crippen LogP contribution in [0.5, 0.6) is 11.5 Å². The number of fused-ring (bicyclic) bond motifs is 1. The highest BCUT2D eigenvalue weighted by Crippen LogP contribution is 2.50. The van der Waals surface area contributed by atoms with Crippen LogP contribution in [0.15, 0.2) is 18.2 Å². The third-order valence-electron chi connectivity index (χ3n) is 2.88. The van der Waals surface area contributed by atoms with Crippen LogP contribution in [-0.4, -0.2) is 25.6 Å². The van der Waals surface area contributed by atoms with Crippen LogP contribution in [0.25, 0.3) is 0 Å². The summed E-state index contributed by atoms with van der Waals surface area (Å²) in [6, 6.07) is 3.34. The predicted octanol–water partition coefficient (Wildman–Crippen LogP) is 4.48. The first kappa shape index (κ1) is 16.1. The number of halogens is 7. The van der Waals surface area contributed by atoms with Crippen molar-refractivity contribution < 1.29 is 35.8 Å². The number of ether oxygens (including phenoxy) is 2. The fourth-order valence-electron chi connectivity index (χ4n) is 1.94. The van der Waals surface area contributed by atoms with Crippen LogP contribution in [0.2, 0.25) is 0 Å². The SMILES string of the molecule is FC(F)(F)C(C(Cl)c1ccc2c(c1)OCCO2)C(F)(F)F. The van der Waals surface area contributed by atoms with Crippen LogP contribution in [-0.2, 0) is 0 Å². The molecule has 1 aliphatic heterocycles. The lowest BCUT2D eigenvalue weighted by atomic mass is 9.97. The van der Waals surface area contributed by atoms with E-state index in [1.165, 1.54) is 6.07 Å². The van der Waals surface area contributed by atoms with Gasteiger partial charge in [-0.25, -0.2) is 0 Å². The van der Waals surface area contributed by atoms with Gasteiger partial charge >= 0.3 is 12.4 Å². The molecule has 1 aromatic carbocycles. The van der Waals surface area contributed by atoms with Gasteiger partial charge in [-0.2, -0.15) is 26.3 Å². The van der Waals surface area contributed by atoms with E-state index in [0.717, 1.165) is 12.1 Å². The van der Waals surface area contributed by atoms with Crippen LogP contribution >= 0.6 is 11.6 Å². The molecular formula is C12H9ClF6O2. The molecular weight excluding hydrogens is 326 g/mol. The first-order valence-electron chi connectivity index (χ1n) is 5.78. The second-order valence-electron chi connectivity index (χ2n) is 4.37. The lowest BCUT2D eigenvalue weighted by Gasteiger charge is -2.28. The maximum Gasteiger partial charge on any atom is 0.402 e. The summed E-state index contributed by atoms with van der Waals surface area (Å²) in [7, 11) is 0. The minimum absolute atomic E-state index is 0.0764. The summed E-state index contributed by atoms with van der Waals surface area (Å²) in [6.45, 7) is 0.412. The number of alkyl halides is 7. The highest BCUT2D eigenvalue weighted by atomic mass is 35.5. The zero-order chi connectivity index (χ0) is 15.8. The number of hydrogen-bond acceptors (Lipinski definition) is 2. The van der Waals surface area contributed by atoms with E-state index < -0.39 is 23.6 Å². The molecule has 0 bridgehead atoms. The Bertz CT molecular complexity index is 499. The molecule has 0 N–H and O–H groups in total. The first-order valence-corrected chi connectivity index (χ1v) is 6.21. The highest BCUT2D eigenvalue weighted by Gasteiger charge is 2.60. The van der Waals surface area contributed by atoms with E-state index in [9.17, 15) is 26.3 Å². The molecule has 2 nitrogen and oxygen atoms in total. The smallest absolute Gasteiger partial charge is 0.402 e. The summed E-state index contributed by atoms with van der Waals surface area (Å²) in [5.74, 6) is -3.33. The third-order valence-corrected chi connectivity index (χ3v) is 3.39. The summed E-state index contributed by atoms with van der Waals surface area (Å²) < 4.78 is 86.0. The van der Waals surface area contributed by atoms with E-state index in [4.69, 9.17) is 21.1 Å². The zero-order valence-electron chi connectivity index (χ0n) is 10.3. The van der Waals surface area contributed by atoms with Gasteiger partial charge in [0, 0.05) is 0 Å². The molecule has 0 amide bonds. The van der Waals surface area contributed by atoms with Gasteiger partial charge in [0.25, 0.3) is 0 Å². The van der Waals surface area contributed by atoms with Gasteiger partial charge in [-0.15, -0.1) is 11.6 Å². The molecule has 21 heavy (non-hydrogen) atoms. The molecule has 118 valence electrons. The first-order chi connectivity index (χ1) is 9.60. The fourth-order valence-corrected chi connectivity index (χ4v) is 2.36. The van der Waals surface area contributed by atoms with E-state index in [1.807, 2.05) is 0 Å². The second-order valence-corrected chi connectivity index (χ2v) is 4.84. The summed E-state index contributed by atoms with van der Waals surface area (Å²) in [5, 5.41) is -2.30. The molecule has 1 unspecified atom stereocenters. The van der Waals surface area contributed by atoms with Gasteiger partial charge in [-0.05, 0) is 17.7 Å². The lowest BCUT2D eigenvalue weighted by Crippen LogP contribution is -2.39. The lowest BCUT2D eigenvalue weighted by molar-refractivity contribution is -0.284. The van der Waals surface area contributed by atoms with E-state index in [2.05, 4.69) is 0 Å². The molecule has 0 radical (unpaired) electrons. The number of rotatable bonds is 2. The number of benzene rings is 1. The molecule has 0 saturated heterocycles. The Labute approximate surface area is 120 Å². The van der Waals surface area contributed by atoms with Gasteiger partial charge < -0.3 is 9.47 Å². The molecule has 0 saturated carbocycles. The summed E-state index contributed by atoms with van der Waals surface area (Å²) in [5.41, 5.74) is -0.333. The van der Waals surface area contributed by atoms with Crippen molar-refractivity contribution in [3.63, 3.8) is 0 Å². The van der Waals surface area contributed by atoms with Crippen LogP contribution < -0.4 is 9.47 Å². The van der Waals surface area contributed by atoms with Crippen molar-refractivity contribution in [2.75, 3.05) is 13.2 Å². The molecule has 1 atom stereocenters. The van der Waals surface area contributed by atoms with Crippen molar-refractivity contribution >= 4 is 11.6 Å². The normalized spacial score (nSPS) is 17.0. The van der Waals surface area contributed by atoms with Crippen molar-refractivity contribution in [3.05, 3.63) is 23.8 Å². The van der Waals surface area contributed by atoms with Gasteiger partial charge in [-0.3, -0.25) is 0 Å². The fraction of sp³-hybridized carbons (Fsp3) is 0.500. The second kappa shape index (κ2) is 5.47. The van der Waals surface area contributed by atoms with Crippen molar-refractivity contribution in [1.29, 1.82) is 0 Å². The largest absolute Gasteiger partial charge is 0.486 e. The van der Waals surface area contributed by atoms with Crippen LogP contribution in [0.4, 0.5) is 26.3 Å². The van der Waals surface area contributed by atoms with E-state index in [1.54, 1.807) is 0 Å². The summed E-state index contributed by atoms with van der Waals surface area (Å²) in [4.78, 5) is 0. The minimum Gasteiger partial charge on any atom is -0.486 e. The topological polar surface area (TPSA) is 18.5 Å². The quantitative estimate of drug-likeness (QED) is 0.586. The molecule has 0 aromatic heterocycles. The number of hydrogen-bond donors (Lipinski definition) is 0. The van der Waals surface area contributed by atoms with Crippen LogP contribution in [0.3, 0.4) is 0 Å². The van der Waals surface area contributed by atoms with Crippen molar-refractivity contribution in [1.82, 2.24) is 0 Å². The Hall–Kier alpha value is -1.31. The molecule has 0 aliphatic carbocycles. The van der Waals surface area contributed by atoms with Gasteiger partial charge in [0.05, 0.1) is 5.38 Å². The Morgan fingerprint density at radius 3 is 1.95 bits per heavy atom. The van der Waals surface area contributed by atoms with Gasteiger partial charge in [0.15, 0.2) is 17.4 Å². The van der Waals surface area contributed by atoms with Crippen LogP contribution in [0.1, 0.15) is 10.9 Å². The predicted molar refractivity (Wildman–Crippen MR) is 61.6 cm³/mol. The Balaban J connectivity index is 2.35. The summed E-state index contributed by atoms with van der Waals surface area (Å²) >= 11 is 5.45. The van der Waals surface area contributed by atoms with E-state index in [0.29, 0.717) is 0 Å². The Morgan fingerprint density at radius 1 is 0.905 bits per heavy atom. The van der Waals surface area contributed by atoms with Crippen LogP contribution in [0, 0.1) is 5.92 Å². The zero-order valence-corrected chi connectivity index (χ0v) is 11.0. The van der Waals surface area contributed by atoms with Crippen molar-refractivity contribution in [3.8, 4) is 11.5 Å². The summed E-state index contributed by atoms with van der Waals surface area (Å²) in [6.07, 6.45) is -11.0. The molecule has 1 heterocycles. The van der Waals surface area contributed by atoms with Gasteiger partial charge in [0.1, 0.15) is 13.2 Å². The minimum atomic E-state index is -5.50. The highest BCUT2D eigenvalue weighted by molar-refractivity contribution is 6.21. The average molecular weight is 335 g/mol. The Kier molecular flexibility index (Phi) is 4.19. The maximum atomic E-state index is 12.6.